The third-order valence-electron chi connectivity index (χ3n) is 2.61. The fourth-order valence-corrected chi connectivity index (χ4v) is 2.59. The first-order chi connectivity index (χ1) is 10.1. The molecule has 0 radical (unpaired) electrons. The van der Waals surface area contributed by atoms with Crippen molar-refractivity contribution in [3.8, 4) is 5.75 Å². The molecule has 0 amide bonds. The van der Waals surface area contributed by atoms with Crippen LogP contribution in [0.5, 0.6) is 5.75 Å². The number of anilines is 1. The van der Waals surface area contributed by atoms with Gasteiger partial charge in [0.2, 0.25) is 0 Å². The van der Waals surface area contributed by atoms with Gasteiger partial charge in [-0.25, -0.2) is 0 Å². The van der Waals surface area contributed by atoms with E-state index in [2.05, 4.69) is 10.5 Å². The van der Waals surface area contributed by atoms with E-state index in [1.165, 1.54) is 0 Å². The lowest BCUT2D eigenvalue weighted by molar-refractivity contribution is 0.340. The second-order valence-electron chi connectivity index (χ2n) is 4.09. The molecule has 0 saturated heterocycles. The van der Waals surface area contributed by atoms with Crippen LogP contribution in [0, 0.1) is 0 Å². The summed E-state index contributed by atoms with van der Waals surface area (Å²) in [7, 11) is 0. The monoisotopic (exact) mass is 342 g/mol. The highest BCUT2D eigenvalue weighted by Gasteiger charge is 2.06. The Kier molecular flexibility index (Phi) is 5.74. The summed E-state index contributed by atoms with van der Waals surface area (Å²) in [6, 6.07) is 10.8. The van der Waals surface area contributed by atoms with E-state index in [4.69, 9.17) is 39.5 Å². The lowest BCUT2D eigenvalue weighted by Gasteiger charge is -2.08. The van der Waals surface area contributed by atoms with E-state index in [0.29, 0.717) is 27.4 Å². The Morgan fingerprint density at radius 1 is 1.14 bits per heavy atom. The maximum Gasteiger partial charge on any atom is 0.128 e. The first-order valence-corrected chi connectivity index (χ1v) is 7.40. The van der Waals surface area contributed by atoms with E-state index >= 15 is 0 Å². The van der Waals surface area contributed by atoms with Gasteiger partial charge in [-0.2, -0.15) is 5.10 Å². The zero-order valence-corrected chi connectivity index (χ0v) is 13.5. The zero-order valence-electron chi connectivity index (χ0n) is 11.2. The second-order valence-corrected chi connectivity index (χ2v) is 5.34. The van der Waals surface area contributed by atoms with Crippen molar-refractivity contribution in [3.05, 3.63) is 57.0 Å². The van der Waals surface area contributed by atoms with Gasteiger partial charge in [0.05, 0.1) is 28.6 Å². The average Bonchev–Trinajstić information content (AvgIpc) is 2.43. The number of ether oxygens (including phenoxy) is 1. The SMILES string of the molecule is CCOc1ccccc1C=NNc1c(Cl)cc(Cl)cc1Cl. The molecular formula is C15H13Cl3N2O. The van der Waals surface area contributed by atoms with Crippen LogP contribution in [-0.2, 0) is 0 Å². The van der Waals surface area contributed by atoms with Crippen LogP contribution in [0.3, 0.4) is 0 Å². The van der Waals surface area contributed by atoms with E-state index in [-0.39, 0.29) is 0 Å². The molecule has 2 aromatic carbocycles. The lowest BCUT2D eigenvalue weighted by atomic mass is 10.2. The molecule has 0 heterocycles. The fourth-order valence-electron chi connectivity index (χ4n) is 1.69. The summed E-state index contributed by atoms with van der Waals surface area (Å²) in [6.45, 7) is 2.52. The topological polar surface area (TPSA) is 33.6 Å². The molecule has 0 fully saturated rings. The van der Waals surface area contributed by atoms with Crippen molar-refractivity contribution in [2.24, 2.45) is 5.10 Å². The molecule has 0 unspecified atom stereocenters. The first kappa shape index (κ1) is 16.0. The highest BCUT2D eigenvalue weighted by molar-refractivity contribution is 6.41. The Morgan fingerprint density at radius 2 is 1.81 bits per heavy atom. The molecule has 2 aromatic rings. The highest BCUT2D eigenvalue weighted by atomic mass is 35.5. The molecule has 6 heteroatoms. The molecule has 21 heavy (non-hydrogen) atoms. The van der Waals surface area contributed by atoms with Crippen molar-refractivity contribution in [1.29, 1.82) is 0 Å². The molecule has 0 aromatic heterocycles. The normalized spacial score (nSPS) is 10.9. The number of para-hydroxylation sites is 1. The van der Waals surface area contributed by atoms with Gasteiger partial charge >= 0.3 is 0 Å². The van der Waals surface area contributed by atoms with E-state index in [9.17, 15) is 0 Å². The van der Waals surface area contributed by atoms with Gasteiger partial charge in [-0.3, -0.25) is 5.43 Å². The quantitative estimate of drug-likeness (QED) is 0.575. The van der Waals surface area contributed by atoms with Gasteiger partial charge in [-0.05, 0) is 31.2 Å². The minimum absolute atomic E-state index is 0.405. The summed E-state index contributed by atoms with van der Waals surface area (Å²) in [4.78, 5) is 0. The summed E-state index contributed by atoms with van der Waals surface area (Å²) in [5, 5.41) is 5.42. The van der Waals surface area contributed by atoms with Crippen LogP contribution in [0.1, 0.15) is 12.5 Å². The van der Waals surface area contributed by atoms with Crippen molar-refractivity contribution in [2.45, 2.75) is 6.92 Å². The van der Waals surface area contributed by atoms with Crippen molar-refractivity contribution in [1.82, 2.24) is 0 Å². The maximum atomic E-state index is 6.07. The molecule has 3 nitrogen and oxygen atoms in total. The molecule has 0 aliphatic heterocycles. The molecule has 0 aliphatic carbocycles. The van der Waals surface area contributed by atoms with Gasteiger partial charge in [-0.15, -0.1) is 0 Å². The van der Waals surface area contributed by atoms with E-state index in [0.717, 1.165) is 11.3 Å². The highest BCUT2D eigenvalue weighted by Crippen LogP contribution is 2.33. The third-order valence-corrected chi connectivity index (χ3v) is 3.42. The van der Waals surface area contributed by atoms with Crippen LogP contribution in [0.4, 0.5) is 5.69 Å². The van der Waals surface area contributed by atoms with Crippen LogP contribution in [0.2, 0.25) is 15.1 Å². The second kappa shape index (κ2) is 7.55. The van der Waals surface area contributed by atoms with Gasteiger partial charge in [0.25, 0.3) is 0 Å². The van der Waals surface area contributed by atoms with Crippen molar-refractivity contribution in [2.75, 3.05) is 12.0 Å². The molecule has 0 saturated carbocycles. The van der Waals surface area contributed by atoms with E-state index in [1.807, 2.05) is 31.2 Å². The lowest BCUT2D eigenvalue weighted by Crippen LogP contribution is -1.97. The number of nitrogens with zero attached hydrogens (tertiary/aromatic N) is 1. The molecule has 2 rings (SSSR count). The number of hydrogen-bond donors (Lipinski definition) is 1. The van der Waals surface area contributed by atoms with Crippen molar-refractivity contribution in [3.63, 3.8) is 0 Å². The number of halogens is 3. The Balaban J connectivity index is 2.17. The average molecular weight is 344 g/mol. The van der Waals surface area contributed by atoms with Gasteiger partial charge in [-0.1, -0.05) is 46.9 Å². The summed E-state index contributed by atoms with van der Waals surface area (Å²) in [5.74, 6) is 0.763. The van der Waals surface area contributed by atoms with Gasteiger partial charge < -0.3 is 4.74 Å². The first-order valence-electron chi connectivity index (χ1n) is 6.27. The summed E-state index contributed by atoms with van der Waals surface area (Å²) in [5.41, 5.74) is 4.18. The summed E-state index contributed by atoms with van der Waals surface area (Å²) in [6.07, 6.45) is 1.65. The third kappa shape index (κ3) is 4.27. The molecule has 110 valence electrons. The fraction of sp³-hybridized carbons (Fsp3) is 0.133. The van der Waals surface area contributed by atoms with E-state index in [1.54, 1.807) is 18.3 Å². The molecule has 0 spiro atoms. The summed E-state index contributed by atoms with van der Waals surface area (Å²) >= 11 is 18.0. The Morgan fingerprint density at radius 3 is 2.48 bits per heavy atom. The Labute approximate surface area is 138 Å². The van der Waals surface area contributed by atoms with Crippen molar-refractivity contribution < 1.29 is 4.74 Å². The van der Waals surface area contributed by atoms with Gasteiger partial charge in [0.1, 0.15) is 5.75 Å². The smallest absolute Gasteiger partial charge is 0.128 e. The number of rotatable bonds is 5. The number of benzene rings is 2. The number of hydrazone groups is 1. The van der Waals surface area contributed by atoms with Crippen LogP contribution in [0.25, 0.3) is 0 Å². The molecule has 0 aliphatic rings. The maximum absolute atomic E-state index is 6.07. The summed E-state index contributed by atoms with van der Waals surface area (Å²) < 4.78 is 5.51. The van der Waals surface area contributed by atoms with Crippen LogP contribution in [-0.4, -0.2) is 12.8 Å². The minimum Gasteiger partial charge on any atom is -0.493 e. The molecular weight excluding hydrogens is 331 g/mol. The van der Waals surface area contributed by atoms with Crippen molar-refractivity contribution >= 4 is 46.7 Å². The Bertz CT molecular complexity index is 636. The van der Waals surface area contributed by atoms with Crippen LogP contribution >= 0.6 is 34.8 Å². The van der Waals surface area contributed by atoms with Crippen LogP contribution in [0.15, 0.2) is 41.5 Å². The standard InChI is InChI=1S/C15H13Cl3N2O/c1-2-21-14-6-4-3-5-10(14)9-19-20-15-12(17)7-11(16)8-13(15)18/h3-9,20H,2H2,1H3. The largest absolute Gasteiger partial charge is 0.493 e. The van der Waals surface area contributed by atoms with Gasteiger partial charge in [0.15, 0.2) is 0 Å². The molecule has 0 bridgehead atoms. The van der Waals surface area contributed by atoms with E-state index < -0.39 is 0 Å². The molecule has 0 atom stereocenters. The van der Waals surface area contributed by atoms with Crippen LogP contribution < -0.4 is 10.2 Å². The molecule has 1 N–H and O–H groups in total. The number of nitrogens with one attached hydrogen (secondary N) is 1. The predicted octanol–water partition coefficient (Wildman–Crippen LogP) is 5.49. The zero-order chi connectivity index (χ0) is 15.2. The van der Waals surface area contributed by atoms with Gasteiger partial charge in [0, 0.05) is 10.6 Å². The predicted molar refractivity (Wildman–Crippen MR) is 90.3 cm³/mol. The minimum atomic E-state index is 0.405. The Hall–Kier alpha value is -1.42. The number of hydrogen-bond acceptors (Lipinski definition) is 3.